The van der Waals surface area contributed by atoms with E-state index < -0.39 is 0 Å². The number of carbonyl (C=O) groups is 1. The summed E-state index contributed by atoms with van der Waals surface area (Å²) in [5, 5.41) is 10.4. The topological polar surface area (TPSA) is 71.8 Å². The van der Waals surface area contributed by atoms with E-state index in [-0.39, 0.29) is 42.6 Å². The van der Waals surface area contributed by atoms with E-state index in [0.717, 1.165) is 17.7 Å². The Balaban J connectivity index is 0.00000132. The van der Waals surface area contributed by atoms with Crippen molar-refractivity contribution in [3.63, 3.8) is 0 Å². The fourth-order valence-electron chi connectivity index (χ4n) is 2.70. The zero-order chi connectivity index (χ0) is 14.8. The van der Waals surface area contributed by atoms with Gasteiger partial charge in [-0.3, -0.25) is 9.48 Å². The second kappa shape index (κ2) is 8.29. The van der Waals surface area contributed by atoms with Crippen molar-refractivity contribution in [1.29, 1.82) is 0 Å². The summed E-state index contributed by atoms with van der Waals surface area (Å²) in [6.45, 7) is 3.44. The lowest BCUT2D eigenvalue weighted by Gasteiger charge is -2.16. The van der Waals surface area contributed by atoms with E-state index in [1.54, 1.807) is 10.9 Å². The quantitative estimate of drug-likeness (QED) is 0.879. The molecule has 1 saturated heterocycles. The molecule has 0 bridgehead atoms. The van der Waals surface area contributed by atoms with Gasteiger partial charge in [0.05, 0.1) is 12.1 Å². The van der Waals surface area contributed by atoms with Gasteiger partial charge in [-0.15, -0.1) is 24.8 Å². The first-order chi connectivity index (χ1) is 10.1. The number of halogens is 2. The molecule has 23 heavy (non-hydrogen) atoms. The lowest BCUT2D eigenvalue weighted by molar-refractivity contribution is -0.119. The summed E-state index contributed by atoms with van der Waals surface area (Å²) in [7, 11) is 1.89. The maximum Gasteiger partial charge on any atom is 0.230 e. The van der Waals surface area contributed by atoms with Crippen molar-refractivity contribution in [3.05, 3.63) is 41.9 Å². The molecule has 1 aliphatic heterocycles. The molecule has 0 aliphatic carbocycles. The summed E-state index contributed by atoms with van der Waals surface area (Å²) in [6, 6.07) is 3.77. The Morgan fingerprint density at radius 1 is 1.30 bits per heavy atom. The molecule has 8 heteroatoms. The predicted octanol–water partition coefficient (Wildman–Crippen LogP) is 1.91. The van der Waals surface area contributed by atoms with E-state index in [2.05, 4.69) is 20.7 Å². The van der Waals surface area contributed by atoms with E-state index in [1.807, 2.05) is 38.5 Å². The van der Waals surface area contributed by atoms with E-state index in [4.69, 9.17) is 0 Å². The third-order valence-electron chi connectivity index (χ3n) is 3.87. The van der Waals surface area contributed by atoms with Gasteiger partial charge in [0.15, 0.2) is 0 Å². The number of hydrogen-bond acceptors (Lipinski definition) is 4. The normalized spacial score (nSPS) is 19.6. The van der Waals surface area contributed by atoms with E-state index in [0.29, 0.717) is 12.4 Å². The van der Waals surface area contributed by atoms with Gasteiger partial charge in [-0.05, 0) is 24.1 Å². The van der Waals surface area contributed by atoms with Crippen LogP contribution in [0.1, 0.15) is 17.0 Å². The molecule has 2 aromatic heterocycles. The fourth-order valence-corrected chi connectivity index (χ4v) is 2.70. The number of hydrogen-bond donors (Lipinski definition) is 2. The Hall–Kier alpha value is -1.63. The van der Waals surface area contributed by atoms with Crippen LogP contribution < -0.4 is 10.6 Å². The van der Waals surface area contributed by atoms with Crippen LogP contribution in [0.5, 0.6) is 0 Å². The zero-order valence-electron chi connectivity index (χ0n) is 13.0. The van der Waals surface area contributed by atoms with Crippen molar-refractivity contribution >= 4 is 36.5 Å². The third kappa shape index (κ3) is 4.43. The van der Waals surface area contributed by atoms with Crippen molar-refractivity contribution in [1.82, 2.24) is 20.1 Å². The van der Waals surface area contributed by atoms with Crippen molar-refractivity contribution in [2.24, 2.45) is 13.0 Å². The smallest absolute Gasteiger partial charge is 0.230 e. The van der Waals surface area contributed by atoms with Crippen LogP contribution in [0.2, 0.25) is 0 Å². The highest BCUT2D eigenvalue weighted by Crippen LogP contribution is 2.28. The minimum atomic E-state index is -0.0997. The molecule has 1 fully saturated rings. The molecular formula is C15H21Cl2N5O. The number of aromatic nitrogens is 3. The highest BCUT2D eigenvalue weighted by molar-refractivity contribution is 5.92. The summed E-state index contributed by atoms with van der Waals surface area (Å²) in [6.07, 6.45) is 5.56. The number of aryl methyl sites for hydroxylation is 2. The monoisotopic (exact) mass is 357 g/mol. The fraction of sp³-hybridized carbons (Fsp3) is 0.400. The molecule has 0 radical (unpaired) electrons. The molecule has 1 amide bonds. The van der Waals surface area contributed by atoms with Gasteiger partial charge in [-0.1, -0.05) is 6.07 Å². The summed E-state index contributed by atoms with van der Waals surface area (Å²) >= 11 is 0. The van der Waals surface area contributed by atoms with Crippen LogP contribution in [0.4, 0.5) is 5.82 Å². The number of anilines is 1. The molecular weight excluding hydrogens is 337 g/mol. The Labute approximate surface area is 147 Å². The molecule has 1 aliphatic rings. The maximum absolute atomic E-state index is 12.5. The number of amides is 1. The average Bonchev–Trinajstić information content (AvgIpc) is 3.09. The molecule has 0 saturated carbocycles. The van der Waals surface area contributed by atoms with Gasteiger partial charge in [-0.2, -0.15) is 5.10 Å². The highest BCUT2D eigenvalue weighted by atomic mass is 35.5. The maximum atomic E-state index is 12.5. The average molecular weight is 358 g/mol. The van der Waals surface area contributed by atoms with Crippen LogP contribution in [-0.2, 0) is 11.8 Å². The standard InChI is InChI=1S/C15H19N5O.2ClH/c1-10-3-4-14(17-5-10)19-15(21)13-8-16-7-12(13)11-6-18-20(2)9-11;;/h3-6,9,12-13,16H,7-8H2,1-2H3,(H,17,19,21);2*1H/t12-,13+;;/m1../s1. The van der Waals surface area contributed by atoms with Crippen molar-refractivity contribution < 1.29 is 4.79 Å². The minimum Gasteiger partial charge on any atom is -0.315 e. The van der Waals surface area contributed by atoms with Crippen molar-refractivity contribution in [2.75, 3.05) is 18.4 Å². The summed E-state index contributed by atoms with van der Waals surface area (Å²) in [4.78, 5) is 16.7. The highest BCUT2D eigenvalue weighted by Gasteiger charge is 2.34. The van der Waals surface area contributed by atoms with E-state index >= 15 is 0 Å². The molecule has 2 N–H and O–H groups in total. The molecule has 126 valence electrons. The summed E-state index contributed by atoms with van der Waals surface area (Å²) in [5.74, 6) is 0.661. The van der Waals surface area contributed by atoms with Crippen LogP contribution in [-0.4, -0.2) is 33.8 Å². The number of carbonyl (C=O) groups excluding carboxylic acids is 1. The number of pyridine rings is 1. The zero-order valence-corrected chi connectivity index (χ0v) is 14.7. The summed E-state index contributed by atoms with van der Waals surface area (Å²) in [5.41, 5.74) is 2.17. The molecule has 2 atom stereocenters. The SMILES string of the molecule is Cc1ccc(NC(=O)[C@H]2CNC[C@@H]2c2cnn(C)c2)nc1.Cl.Cl. The minimum absolute atomic E-state index is 0. The second-order valence-electron chi connectivity index (χ2n) is 5.53. The number of nitrogens with one attached hydrogen (secondary N) is 2. The van der Waals surface area contributed by atoms with Crippen LogP contribution in [0.15, 0.2) is 30.7 Å². The Kier molecular flexibility index (Phi) is 7.00. The molecule has 0 spiro atoms. The van der Waals surface area contributed by atoms with E-state index in [9.17, 15) is 4.79 Å². The predicted molar refractivity (Wildman–Crippen MR) is 94.4 cm³/mol. The van der Waals surface area contributed by atoms with Crippen molar-refractivity contribution in [2.45, 2.75) is 12.8 Å². The molecule has 3 rings (SSSR count). The lowest BCUT2D eigenvalue weighted by Crippen LogP contribution is -2.28. The van der Waals surface area contributed by atoms with Gasteiger partial charge < -0.3 is 10.6 Å². The molecule has 0 aromatic carbocycles. The van der Waals surface area contributed by atoms with Gasteiger partial charge in [-0.25, -0.2) is 4.98 Å². The van der Waals surface area contributed by atoms with Crippen LogP contribution in [0.3, 0.4) is 0 Å². The number of rotatable bonds is 3. The van der Waals surface area contributed by atoms with Crippen LogP contribution in [0, 0.1) is 12.8 Å². The molecule has 2 aromatic rings. The molecule has 3 heterocycles. The number of nitrogens with zero attached hydrogens (tertiary/aromatic N) is 3. The molecule has 0 unspecified atom stereocenters. The van der Waals surface area contributed by atoms with Crippen molar-refractivity contribution in [3.8, 4) is 0 Å². The molecule has 6 nitrogen and oxygen atoms in total. The van der Waals surface area contributed by atoms with Gasteiger partial charge >= 0.3 is 0 Å². The Morgan fingerprint density at radius 2 is 2.09 bits per heavy atom. The van der Waals surface area contributed by atoms with Crippen LogP contribution >= 0.6 is 24.8 Å². The van der Waals surface area contributed by atoms with E-state index in [1.165, 1.54) is 0 Å². The van der Waals surface area contributed by atoms with Gasteiger partial charge in [0.25, 0.3) is 0 Å². The summed E-state index contributed by atoms with van der Waals surface area (Å²) < 4.78 is 1.77. The first-order valence-electron chi connectivity index (χ1n) is 7.06. The first kappa shape index (κ1) is 19.4. The van der Waals surface area contributed by atoms with Gasteiger partial charge in [0, 0.05) is 38.4 Å². The van der Waals surface area contributed by atoms with Gasteiger partial charge in [0.2, 0.25) is 5.91 Å². The second-order valence-corrected chi connectivity index (χ2v) is 5.53. The largest absolute Gasteiger partial charge is 0.315 e. The first-order valence-corrected chi connectivity index (χ1v) is 7.06. The Bertz CT molecular complexity index is 644. The Morgan fingerprint density at radius 3 is 2.70 bits per heavy atom. The lowest BCUT2D eigenvalue weighted by atomic mass is 9.90. The van der Waals surface area contributed by atoms with Crippen LogP contribution in [0.25, 0.3) is 0 Å². The third-order valence-corrected chi connectivity index (χ3v) is 3.87. The van der Waals surface area contributed by atoms with Gasteiger partial charge in [0.1, 0.15) is 5.82 Å².